The van der Waals surface area contributed by atoms with Gasteiger partial charge < -0.3 is 14.8 Å². The Morgan fingerprint density at radius 2 is 1.93 bits per heavy atom. The molecular weight excluding hydrogens is 384 g/mol. The Hall–Kier alpha value is -3.46. The van der Waals surface area contributed by atoms with E-state index in [4.69, 9.17) is 9.47 Å². The Kier molecular flexibility index (Phi) is 5.55. The van der Waals surface area contributed by atoms with E-state index in [9.17, 15) is 19.7 Å². The molecule has 1 amide bonds. The van der Waals surface area contributed by atoms with Crippen LogP contribution in [-0.4, -0.2) is 30.0 Å². The number of thiophene rings is 1. The Morgan fingerprint density at radius 3 is 2.61 bits per heavy atom. The van der Waals surface area contributed by atoms with Crippen LogP contribution in [0.4, 0.5) is 11.4 Å². The Labute approximate surface area is 163 Å². The Bertz CT molecular complexity index is 1030. The molecular formula is C19H16N2O6S. The molecule has 0 aliphatic carbocycles. The molecule has 144 valence electrons. The Balaban J connectivity index is 1.71. The fourth-order valence-corrected chi connectivity index (χ4v) is 3.44. The van der Waals surface area contributed by atoms with Gasteiger partial charge in [0.2, 0.25) is 0 Å². The molecule has 0 bridgehead atoms. The number of rotatable bonds is 6. The first kappa shape index (κ1) is 19.3. The summed E-state index contributed by atoms with van der Waals surface area (Å²) in [6.45, 7) is 1.42. The second kappa shape index (κ2) is 8.05. The van der Waals surface area contributed by atoms with Crippen LogP contribution in [0.15, 0.2) is 48.5 Å². The van der Waals surface area contributed by atoms with Gasteiger partial charge in [-0.25, -0.2) is 4.79 Å². The first-order chi connectivity index (χ1) is 13.4. The summed E-state index contributed by atoms with van der Waals surface area (Å²) in [6, 6.07) is 13.0. The van der Waals surface area contributed by atoms with Crippen LogP contribution in [0, 0.1) is 10.1 Å². The first-order valence-corrected chi connectivity index (χ1v) is 9.03. The fourth-order valence-electron chi connectivity index (χ4n) is 2.50. The molecule has 1 heterocycles. The van der Waals surface area contributed by atoms with Crippen LogP contribution in [0.5, 0.6) is 5.75 Å². The zero-order valence-corrected chi connectivity index (χ0v) is 15.8. The quantitative estimate of drug-likeness (QED) is 0.381. The third-order valence-corrected chi connectivity index (χ3v) is 5.03. The lowest BCUT2D eigenvalue weighted by Crippen LogP contribution is -2.30. The Morgan fingerprint density at radius 1 is 1.18 bits per heavy atom. The molecule has 0 radical (unpaired) electrons. The molecule has 0 aliphatic rings. The molecule has 3 rings (SSSR count). The van der Waals surface area contributed by atoms with E-state index in [1.165, 1.54) is 43.6 Å². The molecule has 0 saturated heterocycles. The predicted octanol–water partition coefficient (Wildman–Crippen LogP) is 4.00. The molecule has 0 aliphatic heterocycles. The van der Waals surface area contributed by atoms with Gasteiger partial charge in [-0.1, -0.05) is 18.2 Å². The number of carbonyl (C=O) groups is 2. The van der Waals surface area contributed by atoms with Gasteiger partial charge in [0.25, 0.3) is 11.6 Å². The number of nitro groups is 1. The standard InChI is InChI=1S/C19H16N2O6S/c1-11(27-19(23)17-9-12-5-3-4-6-16(12)28-17)18(22)20-14-10-13(21(24)25)7-8-15(14)26-2/h3-11H,1-2H3,(H,20,22). The lowest BCUT2D eigenvalue weighted by Gasteiger charge is -2.14. The highest BCUT2D eigenvalue weighted by molar-refractivity contribution is 7.20. The van der Waals surface area contributed by atoms with Crippen molar-refractivity contribution < 1.29 is 24.0 Å². The number of fused-ring (bicyclic) bond motifs is 1. The maximum Gasteiger partial charge on any atom is 0.349 e. The van der Waals surface area contributed by atoms with Crippen LogP contribution in [0.1, 0.15) is 16.6 Å². The summed E-state index contributed by atoms with van der Waals surface area (Å²) in [5.74, 6) is -0.995. The van der Waals surface area contributed by atoms with Gasteiger partial charge in [-0.2, -0.15) is 0 Å². The molecule has 28 heavy (non-hydrogen) atoms. The molecule has 8 nitrogen and oxygen atoms in total. The van der Waals surface area contributed by atoms with Crippen molar-refractivity contribution in [2.24, 2.45) is 0 Å². The highest BCUT2D eigenvalue weighted by Crippen LogP contribution is 2.29. The molecule has 0 spiro atoms. The smallest absolute Gasteiger partial charge is 0.349 e. The van der Waals surface area contributed by atoms with Crippen molar-refractivity contribution in [2.45, 2.75) is 13.0 Å². The van der Waals surface area contributed by atoms with Crippen LogP contribution < -0.4 is 10.1 Å². The van der Waals surface area contributed by atoms with Crippen molar-refractivity contribution >= 4 is 44.7 Å². The van der Waals surface area contributed by atoms with Gasteiger partial charge in [-0.05, 0) is 30.5 Å². The fraction of sp³-hybridized carbons (Fsp3) is 0.158. The topological polar surface area (TPSA) is 108 Å². The number of benzene rings is 2. The molecule has 0 saturated carbocycles. The highest BCUT2D eigenvalue weighted by Gasteiger charge is 2.22. The number of methoxy groups -OCH3 is 1. The monoisotopic (exact) mass is 400 g/mol. The summed E-state index contributed by atoms with van der Waals surface area (Å²) in [6.07, 6.45) is -1.11. The number of anilines is 1. The predicted molar refractivity (Wildman–Crippen MR) is 105 cm³/mol. The molecule has 2 aromatic carbocycles. The number of non-ortho nitro benzene ring substituents is 1. The average molecular weight is 400 g/mol. The second-order valence-electron chi connectivity index (χ2n) is 5.83. The number of nitrogens with one attached hydrogen (secondary N) is 1. The molecule has 9 heteroatoms. The highest BCUT2D eigenvalue weighted by atomic mass is 32.1. The number of amides is 1. The maximum absolute atomic E-state index is 12.4. The lowest BCUT2D eigenvalue weighted by molar-refractivity contribution is -0.384. The maximum atomic E-state index is 12.4. The van der Waals surface area contributed by atoms with Crippen molar-refractivity contribution in [3.05, 3.63) is 63.5 Å². The van der Waals surface area contributed by atoms with Crippen molar-refractivity contribution in [2.75, 3.05) is 12.4 Å². The van der Waals surface area contributed by atoms with Gasteiger partial charge in [0.1, 0.15) is 10.6 Å². The molecule has 1 N–H and O–H groups in total. The third-order valence-electron chi connectivity index (χ3n) is 3.93. The van der Waals surface area contributed by atoms with Gasteiger partial charge in [-0.15, -0.1) is 11.3 Å². The van der Waals surface area contributed by atoms with Crippen LogP contribution >= 0.6 is 11.3 Å². The lowest BCUT2D eigenvalue weighted by atomic mass is 10.2. The SMILES string of the molecule is COc1ccc([N+](=O)[O-])cc1NC(=O)C(C)OC(=O)c1cc2ccccc2s1. The van der Waals surface area contributed by atoms with Gasteiger partial charge >= 0.3 is 5.97 Å². The van der Waals surface area contributed by atoms with E-state index in [0.29, 0.717) is 4.88 Å². The van der Waals surface area contributed by atoms with E-state index in [-0.39, 0.29) is 17.1 Å². The van der Waals surface area contributed by atoms with Crippen molar-refractivity contribution in [3.63, 3.8) is 0 Å². The normalized spacial score (nSPS) is 11.6. The van der Waals surface area contributed by atoms with E-state index in [1.807, 2.05) is 24.3 Å². The van der Waals surface area contributed by atoms with E-state index >= 15 is 0 Å². The van der Waals surface area contributed by atoms with Crippen LogP contribution in [0.3, 0.4) is 0 Å². The molecule has 1 aromatic heterocycles. The minimum absolute atomic E-state index is 0.117. The van der Waals surface area contributed by atoms with E-state index in [2.05, 4.69) is 5.32 Å². The minimum atomic E-state index is -1.11. The summed E-state index contributed by atoms with van der Waals surface area (Å²) in [5.41, 5.74) is -0.0857. The molecule has 0 fully saturated rings. The summed E-state index contributed by atoms with van der Waals surface area (Å²) in [4.78, 5) is 35.5. The largest absolute Gasteiger partial charge is 0.495 e. The number of hydrogen-bond donors (Lipinski definition) is 1. The third kappa shape index (κ3) is 4.09. The van der Waals surface area contributed by atoms with E-state index in [0.717, 1.165) is 10.1 Å². The number of ether oxygens (including phenoxy) is 2. The number of esters is 1. The summed E-state index contributed by atoms with van der Waals surface area (Å²) in [5, 5.41) is 14.3. The summed E-state index contributed by atoms with van der Waals surface area (Å²) >= 11 is 1.27. The van der Waals surface area contributed by atoms with Crippen LogP contribution in [-0.2, 0) is 9.53 Å². The zero-order chi connectivity index (χ0) is 20.3. The zero-order valence-electron chi connectivity index (χ0n) is 15.0. The number of carbonyl (C=O) groups excluding carboxylic acids is 2. The van der Waals surface area contributed by atoms with Gasteiger partial charge in [-0.3, -0.25) is 14.9 Å². The molecule has 3 aromatic rings. The molecule has 1 atom stereocenters. The van der Waals surface area contributed by atoms with Crippen molar-refractivity contribution in [3.8, 4) is 5.75 Å². The minimum Gasteiger partial charge on any atom is -0.495 e. The van der Waals surface area contributed by atoms with Crippen LogP contribution in [0.25, 0.3) is 10.1 Å². The number of nitro benzene ring substituents is 1. The number of hydrogen-bond acceptors (Lipinski definition) is 7. The van der Waals surface area contributed by atoms with E-state index in [1.54, 1.807) is 6.07 Å². The molecule has 1 unspecified atom stereocenters. The van der Waals surface area contributed by atoms with Gasteiger partial charge in [0.15, 0.2) is 6.10 Å². The van der Waals surface area contributed by atoms with Gasteiger partial charge in [0.05, 0.1) is 17.7 Å². The number of nitrogens with zero attached hydrogens (tertiary/aromatic N) is 1. The van der Waals surface area contributed by atoms with Gasteiger partial charge in [0, 0.05) is 16.8 Å². The van der Waals surface area contributed by atoms with E-state index < -0.39 is 22.9 Å². The summed E-state index contributed by atoms with van der Waals surface area (Å²) in [7, 11) is 1.38. The van der Waals surface area contributed by atoms with Crippen LogP contribution in [0.2, 0.25) is 0 Å². The van der Waals surface area contributed by atoms with Crippen molar-refractivity contribution in [1.82, 2.24) is 0 Å². The summed E-state index contributed by atoms with van der Waals surface area (Å²) < 4.78 is 11.3. The first-order valence-electron chi connectivity index (χ1n) is 8.22. The average Bonchev–Trinajstić information content (AvgIpc) is 3.12. The van der Waals surface area contributed by atoms with Crippen molar-refractivity contribution in [1.29, 1.82) is 0 Å². The second-order valence-corrected chi connectivity index (χ2v) is 6.91.